The molecule has 3 heterocycles. The first-order valence-electron chi connectivity index (χ1n) is 8.86. The summed E-state index contributed by atoms with van der Waals surface area (Å²) in [5.74, 6) is 1.45. The van der Waals surface area contributed by atoms with E-state index in [0.29, 0.717) is 19.1 Å². The maximum atomic E-state index is 12.5. The van der Waals surface area contributed by atoms with Crippen molar-refractivity contribution in [3.05, 3.63) is 5.82 Å². The van der Waals surface area contributed by atoms with E-state index in [1.165, 1.54) is 29.3 Å². The number of imide groups is 1. The molecular weight excluding hydrogens is 342 g/mol. The van der Waals surface area contributed by atoms with Crippen molar-refractivity contribution in [2.45, 2.75) is 37.6 Å². The highest BCUT2D eigenvalue weighted by Crippen LogP contribution is 2.40. The number of amides is 3. The third kappa shape index (κ3) is 3.35. The molecular formula is C16H23N5O3S. The molecule has 3 amide bonds. The fourth-order valence-electron chi connectivity index (χ4n) is 3.48. The molecule has 8 nitrogen and oxygen atoms in total. The van der Waals surface area contributed by atoms with E-state index in [9.17, 15) is 9.59 Å². The summed E-state index contributed by atoms with van der Waals surface area (Å²) in [6.07, 6.45) is 4.14. The van der Waals surface area contributed by atoms with Crippen molar-refractivity contribution in [1.82, 2.24) is 19.2 Å². The van der Waals surface area contributed by atoms with Crippen LogP contribution in [0.2, 0.25) is 0 Å². The monoisotopic (exact) mass is 365 g/mol. The van der Waals surface area contributed by atoms with Gasteiger partial charge in [-0.05, 0) is 25.7 Å². The van der Waals surface area contributed by atoms with E-state index < -0.39 is 0 Å². The van der Waals surface area contributed by atoms with Gasteiger partial charge in [0.2, 0.25) is 11.0 Å². The zero-order valence-corrected chi connectivity index (χ0v) is 15.2. The Morgan fingerprint density at radius 3 is 2.64 bits per heavy atom. The number of hydrogen-bond acceptors (Lipinski definition) is 7. The summed E-state index contributed by atoms with van der Waals surface area (Å²) in [4.78, 5) is 34.5. The molecule has 2 saturated heterocycles. The molecule has 2 aliphatic heterocycles. The Labute approximate surface area is 150 Å². The van der Waals surface area contributed by atoms with Crippen LogP contribution >= 0.6 is 11.5 Å². The fraction of sp³-hybridized carbons (Fsp3) is 0.750. The van der Waals surface area contributed by atoms with Crippen LogP contribution in [0.15, 0.2) is 0 Å². The molecule has 3 fully saturated rings. The molecule has 1 aliphatic carbocycles. The van der Waals surface area contributed by atoms with Gasteiger partial charge in [0.1, 0.15) is 12.4 Å². The van der Waals surface area contributed by atoms with Gasteiger partial charge in [0.15, 0.2) is 0 Å². The topological polar surface area (TPSA) is 78.9 Å². The molecule has 0 bridgehead atoms. The van der Waals surface area contributed by atoms with E-state index >= 15 is 0 Å². The van der Waals surface area contributed by atoms with Gasteiger partial charge in [0.05, 0.1) is 13.2 Å². The number of carbonyl (C=O) groups excluding carboxylic acids is 2. The van der Waals surface area contributed by atoms with Crippen molar-refractivity contribution in [2.24, 2.45) is 0 Å². The highest BCUT2D eigenvalue weighted by Gasteiger charge is 2.40. The Kier molecular flexibility index (Phi) is 4.60. The molecule has 3 aliphatic rings. The van der Waals surface area contributed by atoms with Crippen LogP contribution in [0, 0.1) is 0 Å². The van der Waals surface area contributed by atoms with Gasteiger partial charge >= 0.3 is 6.03 Å². The maximum absolute atomic E-state index is 12.5. The second-order valence-electron chi connectivity index (χ2n) is 6.88. The number of carbonyl (C=O) groups is 2. The van der Waals surface area contributed by atoms with Gasteiger partial charge in [0, 0.05) is 43.7 Å². The van der Waals surface area contributed by atoms with Gasteiger partial charge in [-0.25, -0.2) is 9.78 Å². The van der Waals surface area contributed by atoms with E-state index in [-0.39, 0.29) is 24.5 Å². The Bertz CT molecular complexity index is 654. The van der Waals surface area contributed by atoms with Crippen LogP contribution in [-0.2, 0) is 9.53 Å². The van der Waals surface area contributed by atoms with Crippen LogP contribution < -0.4 is 4.90 Å². The summed E-state index contributed by atoms with van der Waals surface area (Å²) in [6, 6.07) is -0.0523. The first kappa shape index (κ1) is 16.7. The van der Waals surface area contributed by atoms with Crippen molar-refractivity contribution >= 4 is 28.6 Å². The van der Waals surface area contributed by atoms with Crippen LogP contribution in [0.5, 0.6) is 0 Å². The molecule has 0 unspecified atom stereocenters. The molecule has 1 aromatic rings. The molecule has 0 spiro atoms. The van der Waals surface area contributed by atoms with E-state index in [1.807, 2.05) is 0 Å². The molecule has 1 aromatic heterocycles. The molecule has 4 rings (SSSR count). The molecule has 0 N–H and O–H groups in total. The lowest BCUT2D eigenvalue weighted by Crippen LogP contribution is -2.46. The second kappa shape index (κ2) is 6.87. The molecule has 0 radical (unpaired) electrons. The minimum absolute atomic E-state index is 0.121. The number of rotatable bonds is 6. The summed E-state index contributed by atoms with van der Waals surface area (Å²) < 4.78 is 9.46. The standard InChI is InChI=1S/C16H23N5O3S/c1-24-9-8-20-13(22)10-21(16(20)23)12-4-6-19(7-5-12)15-17-14(18-25-15)11-2-3-11/h11-12H,2-10H2,1H3. The molecule has 9 heteroatoms. The van der Waals surface area contributed by atoms with Crippen molar-refractivity contribution in [3.8, 4) is 0 Å². The lowest BCUT2D eigenvalue weighted by atomic mass is 10.0. The maximum Gasteiger partial charge on any atom is 0.327 e. The number of ether oxygens (including phenoxy) is 1. The number of piperidine rings is 1. The van der Waals surface area contributed by atoms with Crippen molar-refractivity contribution in [1.29, 1.82) is 0 Å². The highest BCUT2D eigenvalue weighted by atomic mass is 32.1. The molecule has 1 saturated carbocycles. The normalized spacial score (nSPS) is 22.4. The lowest BCUT2D eigenvalue weighted by Gasteiger charge is -2.35. The van der Waals surface area contributed by atoms with Gasteiger partial charge < -0.3 is 14.5 Å². The average Bonchev–Trinajstić information content (AvgIpc) is 3.29. The fourth-order valence-corrected chi connectivity index (χ4v) is 4.28. The third-order valence-corrected chi connectivity index (χ3v) is 5.94. The number of anilines is 1. The Hall–Kier alpha value is -1.74. The summed E-state index contributed by atoms with van der Waals surface area (Å²) in [6.45, 7) is 2.60. The van der Waals surface area contributed by atoms with Crippen molar-refractivity contribution < 1.29 is 14.3 Å². The first-order chi connectivity index (χ1) is 12.2. The quantitative estimate of drug-likeness (QED) is 0.707. The minimum Gasteiger partial charge on any atom is -0.383 e. The van der Waals surface area contributed by atoms with Crippen molar-refractivity contribution in [2.75, 3.05) is 44.8 Å². The number of urea groups is 1. The first-order valence-corrected chi connectivity index (χ1v) is 9.63. The smallest absolute Gasteiger partial charge is 0.327 e. The van der Waals surface area contributed by atoms with Crippen LogP contribution in [0.3, 0.4) is 0 Å². The van der Waals surface area contributed by atoms with Gasteiger partial charge in [-0.2, -0.15) is 4.37 Å². The summed E-state index contributed by atoms with van der Waals surface area (Å²) >= 11 is 1.48. The molecule has 25 heavy (non-hydrogen) atoms. The average molecular weight is 365 g/mol. The van der Waals surface area contributed by atoms with E-state index in [4.69, 9.17) is 4.74 Å². The van der Waals surface area contributed by atoms with Crippen LogP contribution in [-0.4, -0.2) is 77.0 Å². The number of hydrogen-bond donors (Lipinski definition) is 0. The van der Waals surface area contributed by atoms with Gasteiger partial charge in [-0.3, -0.25) is 9.69 Å². The number of methoxy groups -OCH3 is 1. The van der Waals surface area contributed by atoms with E-state index in [2.05, 4.69) is 14.3 Å². The Balaban J connectivity index is 1.33. The van der Waals surface area contributed by atoms with Gasteiger partial charge in [-0.15, -0.1) is 0 Å². The van der Waals surface area contributed by atoms with E-state index in [0.717, 1.165) is 36.9 Å². The lowest BCUT2D eigenvalue weighted by molar-refractivity contribution is -0.125. The minimum atomic E-state index is -0.174. The van der Waals surface area contributed by atoms with Crippen LogP contribution in [0.25, 0.3) is 0 Å². The highest BCUT2D eigenvalue weighted by molar-refractivity contribution is 7.09. The molecule has 136 valence electrons. The summed E-state index contributed by atoms with van der Waals surface area (Å²) in [5.41, 5.74) is 0. The molecule has 0 atom stereocenters. The van der Waals surface area contributed by atoms with Crippen LogP contribution in [0.4, 0.5) is 9.93 Å². The third-order valence-electron chi connectivity index (χ3n) is 5.15. The summed E-state index contributed by atoms with van der Waals surface area (Å²) in [5, 5.41) is 0.992. The molecule has 0 aromatic carbocycles. The second-order valence-corrected chi connectivity index (χ2v) is 7.61. The zero-order valence-electron chi connectivity index (χ0n) is 14.4. The Morgan fingerprint density at radius 1 is 1.20 bits per heavy atom. The Morgan fingerprint density at radius 2 is 1.96 bits per heavy atom. The van der Waals surface area contributed by atoms with Gasteiger partial charge in [0.25, 0.3) is 0 Å². The largest absolute Gasteiger partial charge is 0.383 e. The predicted octanol–water partition coefficient (Wildman–Crippen LogP) is 1.29. The summed E-state index contributed by atoms with van der Waals surface area (Å²) in [7, 11) is 1.57. The predicted molar refractivity (Wildman–Crippen MR) is 92.8 cm³/mol. The van der Waals surface area contributed by atoms with Gasteiger partial charge in [-0.1, -0.05) is 0 Å². The SMILES string of the molecule is COCCN1C(=O)CN(C2CCN(c3nc(C4CC4)ns3)CC2)C1=O. The number of aromatic nitrogens is 2. The number of nitrogens with zero attached hydrogens (tertiary/aromatic N) is 5. The van der Waals surface area contributed by atoms with Crippen LogP contribution in [0.1, 0.15) is 37.4 Å². The van der Waals surface area contributed by atoms with Crippen molar-refractivity contribution in [3.63, 3.8) is 0 Å². The zero-order chi connectivity index (χ0) is 17.4. The van der Waals surface area contributed by atoms with E-state index in [1.54, 1.807) is 12.0 Å².